The molecule has 0 saturated heterocycles. The van der Waals surface area contributed by atoms with Crippen LogP contribution in [0.1, 0.15) is 25.0 Å². The van der Waals surface area contributed by atoms with Gasteiger partial charge < -0.3 is 19.0 Å². The van der Waals surface area contributed by atoms with E-state index in [1.54, 1.807) is 24.3 Å². The fourth-order valence-electron chi connectivity index (χ4n) is 3.81. The van der Waals surface area contributed by atoms with E-state index >= 15 is 0 Å². The molecule has 1 aromatic heterocycles. The molecular formula is C27H23NO5. The number of carboxylic acids is 1. The Morgan fingerprint density at radius 2 is 1.48 bits per heavy atom. The molecule has 0 radical (unpaired) electrons. The molecule has 1 heterocycles. The normalized spacial score (nSPS) is 14.3. The van der Waals surface area contributed by atoms with Gasteiger partial charge in [-0.3, -0.25) is 0 Å². The van der Waals surface area contributed by atoms with Crippen molar-refractivity contribution in [1.29, 1.82) is 0 Å². The van der Waals surface area contributed by atoms with Crippen LogP contribution in [0.5, 0.6) is 11.5 Å². The molecular weight excluding hydrogens is 418 g/mol. The minimum Gasteiger partial charge on any atom is -0.487 e. The summed E-state index contributed by atoms with van der Waals surface area (Å²) in [5.74, 6) is 1.44. The predicted molar refractivity (Wildman–Crippen MR) is 123 cm³/mol. The lowest BCUT2D eigenvalue weighted by Crippen LogP contribution is -2.50. The molecule has 0 aliphatic heterocycles. The SMILES string of the molecule is O=C(O)C1(Oc2ccc(OCc3nc(-c4ccccc4)oc3-c3ccccc3)cc2)CCC1. The van der Waals surface area contributed by atoms with E-state index in [1.165, 1.54) is 0 Å². The van der Waals surface area contributed by atoms with Crippen molar-refractivity contribution >= 4 is 5.97 Å². The maximum Gasteiger partial charge on any atom is 0.348 e. The Bertz CT molecular complexity index is 1230. The van der Waals surface area contributed by atoms with Gasteiger partial charge in [-0.1, -0.05) is 48.5 Å². The second-order valence-electron chi connectivity index (χ2n) is 8.04. The van der Waals surface area contributed by atoms with Crippen molar-refractivity contribution < 1.29 is 23.8 Å². The average molecular weight is 441 g/mol. The van der Waals surface area contributed by atoms with E-state index < -0.39 is 11.6 Å². The van der Waals surface area contributed by atoms with Crippen LogP contribution in [0.3, 0.4) is 0 Å². The van der Waals surface area contributed by atoms with Gasteiger partial charge in [0, 0.05) is 11.1 Å². The number of hydrogen-bond donors (Lipinski definition) is 1. The standard InChI is InChI=1S/C27H23NO5/c29-26(30)27(16-7-17-27)33-22-14-12-21(13-15-22)31-18-23-24(19-8-3-1-4-9-19)32-25(28-23)20-10-5-2-6-11-20/h1-6,8-15H,7,16-18H2,(H,29,30). The van der Waals surface area contributed by atoms with Gasteiger partial charge in [0.1, 0.15) is 23.8 Å². The maximum absolute atomic E-state index is 11.5. The van der Waals surface area contributed by atoms with Gasteiger partial charge in [-0.25, -0.2) is 9.78 Å². The zero-order valence-electron chi connectivity index (χ0n) is 17.9. The Labute approximate surface area is 191 Å². The molecule has 0 unspecified atom stereocenters. The summed E-state index contributed by atoms with van der Waals surface area (Å²) in [5, 5.41) is 9.45. The van der Waals surface area contributed by atoms with Crippen molar-refractivity contribution in [2.75, 3.05) is 0 Å². The highest BCUT2D eigenvalue weighted by molar-refractivity contribution is 5.79. The minimum atomic E-state index is -1.10. The fourth-order valence-corrected chi connectivity index (χ4v) is 3.81. The monoisotopic (exact) mass is 441 g/mol. The van der Waals surface area contributed by atoms with E-state index in [1.807, 2.05) is 60.7 Å². The molecule has 1 saturated carbocycles. The molecule has 33 heavy (non-hydrogen) atoms. The summed E-state index contributed by atoms with van der Waals surface area (Å²) in [7, 11) is 0. The third kappa shape index (κ3) is 4.32. The number of rotatable bonds is 8. The second-order valence-corrected chi connectivity index (χ2v) is 8.04. The third-order valence-corrected chi connectivity index (χ3v) is 5.82. The average Bonchev–Trinajstić information content (AvgIpc) is 3.26. The Morgan fingerprint density at radius 1 is 0.879 bits per heavy atom. The summed E-state index contributed by atoms with van der Waals surface area (Å²) in [4.78, 5) is 16.2. The molecule has 1 aliphatic rings. The summed E-state index contributed by atoms with van der Waals surface area (Å²) in [6.45, 7) is 0.222. The van der Waals surface area contributed by atoms with E-state index in [-0.39, 0.29) is 6.61 Å². The summed E-state index contributed by atoms with van der Waals surface area (Å²) >= 11 is 0. The van der Waals surface area contributed by atoms with Crippen molar-refractivity contribution in [2.45, 2.75) is 31.5 Å². The summed E-state index contributed by atoms with van der Waals surface area (Å²) in [6, 6.07) is 26.6. The molecule has 6 heteroatoms. The summed E-state index contributed by atoms with van der Waals surface area (Å²) < 4.78 is 17.9. The molecule has 6 nitrogen and oxygen atoms in total. The van der Waals surface area contributed by atoms with Gasteiger partial charge in [0.15, 0.2) is 5.76 Å². The van der Waals surface area contributed by atoms with Crippen LogP contribution in [0.15, 0.2) is 89.3 Å². The predicted octanol–water partition coefficient (Wildman–Crippen LogP) is 5.97. The van der Waals surface area contributed by atoms with Crippen LogP contribution in [-0.2, 0) is 11.4 Å². The first-order valence-corrected chi connectivity index (χ1v) is 10.9. The molecule has 0 atom stereocenters. The Kier molecular flexibility index (Phi) is 5.57. The van der Waals surface area contributed by atoms with Gasteiger partial charge in [0.05, 0.1) is 0 Å². The van der Waals surface area contributed by atoms with Crippen molar-refractivity contribution in [2.24, 2.45) is 0 Å². The molecule has 0 bridgehead atoms. The highest BCUT2D eigenvalue weighted by Gasteiger charge is 2.47. The minimum absolute atomic E-state index is 0.222. The number of aliphatic carboxylic acids is 1. The van der Waals surface area contributed by atoms with Crippen LogP contribution in [0.4, 0.5) is 0 Å². The first kappa shape index (κ1) is 20.8. The van der Waals surface area contributed by atoms with Crippen LogP contribution in [0.2, 0.25) is 0 Å². The largest absolute Gasteiger partial charge is 0.487 e. The molecule has 3 aromatic carbocycles. The molecule has 0 spiro atoms. The van der Waals surface area contributed by atoms with E-state index in [0.717, 1.165) is 17.5 Å². The maximum atomic E-state index is 11.5. The lowest BCUT2D eigenvalue weighted by molar-refractivity contribution is -0.163. The zero-order valence-corrected chi connectivity index (χ0v) is 17.9. The Morgan fingerprint density at radius 3 is 2.06 bits per heavy atom. The second kappa shape index (κ2) is 8.82. The first-order valence-electron chi connectivity index (χ1n) is 10.9. The highest BCUT2D eigenvalue weighted by atomic mass is 16.5. The molecule has 1 fully saturated rings. The van der Waals surface area contributed by atoms with Crippen LogP contribution in [-0.4, -0.2) is 21.7 Å². The van der Waals surface area contributed by atoms with Gasteiger partial charge in [0.2, 0.25) is 11.5 Å². The lowest BCUT2D eigenvalue weighted by atomic mass is 9.80. The number of oxazole rings is 1. The zero-order chi connectivity index (χ0) is 22.7. The molecule has 1 N–H and O–H groups in total. The van der Waals surface area contributed by atoms with Crippen LogP contribution < -0.4 is 9.47 Å². The fraction of sp³-hybridized carbons (Fsp3) is 0.185. The Hall–Kier alpha value is -4.06. The topological polar surface area (TPSA) is 81.8 Å². The van der Waals surface area contributed by atoms with Gasteiger partial charge in [0.25, 0.3) is 0 Å². The number of ether oxygens (including phenoxy) is 2. The number of hydrogen-bond acceptors (Lipinski definition) is 5. The van der Waals surface area contributed by atoms with Gasteiger partial charge in [-0.2, -0.15) is 0 Å². The highest BCUT2D eigenvalue weighted by Crippen LogP contribution is 2.37. The summed E-state index contributed by atoms with van der Waals surface area (Å²) in [6.07, 6.45) is 1.91. The summed E-state index contributed by atoms with van der Waals surface area (Å²) in [5.41, 5.74) is 1.42. The van der Waals surface area contributed by atoms with E-state index in [4.69, 9.17) is 18.9 Å². The van der Waals surface area contributed by atoms with E-state index in [0.29, 0.717) is 41.7 Å². The smallest absolute Gasteiger partial charge is 0.348 e. The first-order chi connectivity index (χ1) is 16.1. The van der Waals surface area contributed by atoms with Gasteiger partial charge in [-0.05, 0) is 55.7 Å². The number of nitrogens with zero attached hydrogens (tertiary/aromatic N) is 1. The molecule has 0 amide bonds. The van der Waals surface area contributed by atoms with Crippen LogP contribution in [0, 0.1) is 0 Å². The quantitative estimate of drug-likeness (QED) is 0.363. The molecule has 4 aromatic rings. The van der Waals surface area contributed by atoms with E-state index in [9.17, 15) is 9.90 Å². The van der Waals surface area contributed by atoms with Crippen LogP contribution in [0.25, 0.3) is 22.8 Å². The van der Waals surface area contributed by atoms with Crippen molar-refractivity contribution in [3.05, 3.63) is 90.6 Å². The van der Waals surface area contributed by atoms with Crippen molar-refractivity contribution in [1.82, 2.24) is 4.98 Å². The van der Waals surface area contributed by atoms with E-state index in [2.05, 4.69) is 0 Å². The third-order valence-electron chi connectivity index (χ3n) is 5.82. The van der Waals surface area contributed by atoms with Crippen molar-refractivity contribution in [3.63, 3.8) is 0 Å². The lowest BCUT2D eigenvalue weighted by Gasteiger charge is -2.37. The number of carboxylic acid groups (broad SMARTS) is 1. The Balaban J connectivity index is 1.34. The number of carbonyl (C=O) groups is 1. The molecule has 5 rings (SSSR count). The molecule has 1 aliphatic carbocycles. The van der Waals surface area contributed by atoms with Crippen molar-refractivity contribution in [3.8, 4) is 34.3 Å². The number of aromatic nitrogens is 1. The molecule has 166 valence electrons. The number of benzene rings is 3. The van der Waals surface area contributed by atoms with Gasteiger partial charge in [-0.15, -0.1) is 0 Å². The van der Waals surface area contributed by atoms with Gasteiger partial charge >= 0.3 is 5.97 Å². The van der Waals surface area contributed by atoms with Crippen LogP contribution >= 0.6 is 0 Å².